The number of rotatable bonds is 6. The first-order chi connectivity index (χ1) is 8.90. The lowest BCUT2D eigenvalue weighted by molar-refractivity contribution is -0.133. The molecule has 5 nitrogen and oxygen atoms in total. The van der Waals surface area contributed by atoms with E-state index in [0.29, 0.717) is 10.7 Å². The number of aliphatic hydroxyl groups excluding tert-OH is 1. The maximum Gasteiger partial charge on any atom is 0.260 e. The Balaban J connectivity index is 2.48. The van der Waals surface area contributed by atoms with Crippen molar-refractivity contribution < 1.29 is 14.6 Å². The molecular weight excluding hydrogens is 264 g/mol. The van der Waals surface area contributed by atoms with E-state index < -0.39 is 6.10 Å². The van der Waals surface area contributed by atoms with Crippen molar-refractivity contribution in [1.29, 1.82) is 0 Å². The van der Waals surface area contributed by atoms with E-state index in [2.05, 4.69) is 0 Å². The Bertz CT molecular complexity index is 446. The highest BCUT2D eigenvalue weighted by molar-refractivity contribution is 7.80. The van der Waals surface area contributed by atoms with Crippen LogP contribution in [0.5, 0.6) is 5.75 Å². The van der Waals surface area contributed by atoms with Crippen molar-refractivity contribution in [3.8, 4) is 5.75 Å². The standard InChI is InChI=1S/C13H18N2O3S/c1-9(16)7-15(2)12(17)8-18-11-5-3-10(4-6-11)13(14)19/h3-6,9,16H,7-8H2,1-2H3,(H2,14,19). The molecule has 1 aromatic rings. The number of carbonyl (C=O) groups is 1. The molecule has 0 radical (unpaired) electrons. The van der Waals surface area contributed by atoms with Gasteiger partial charge in [-0.1, -0.05) is 12.2 Å². The van der Waals surface area contributed by atoms with Crippen molar-refractivity contribution >= 4 is 23.1 Å². The number of benzene rings is 1. The van der Waals surface area contributed by atoms with E-state index in [9.17, 15) is 9.90 Å². The smallest absolute Gasteiger partial charge is 0.260 e. The van der Waals surface area contributed by atoms with Gasteiger partial charge in [0.15, 0.2) is 6.61 Å². The third-order valence-electron chi connectivity index (χ3n) is 2.46. The zero-order valence-electron chi connectivity index (χ0n) is 11.0. The maximum atomic E-state index is 11.7. The van der Waals surface area contributed by atoms with Gasteiger partial charge in [-0.05, 0) is 31.2 Å². The van der Waals surface area contributed by atoms with Crippen LogP contribution in [-0.4, -0.2) is 47.2 Å². The van der Waals surface area contributed by atoms with Crippen LogP contribution in [0.15, 0.2) is 24.3 Å². The second-order valence-electron chi connectivity index (χ2n) is 4.30. The molecule has 0 fully saturated rings. The number of hydrogen-bond acceptors (Lipinski definition) is 4. The molecule has 104 valence electrons. The van der Waals surface area contributed by atoms with Crippen molar-refractivity contribution in [2.45, 2.75) is 13.0 Å². The third-order valence-corrected chi connectivity index (χ3v) is 2.70. The van der Waals surface area contributed by atoms with Gasteiger partial charge in [-0.3, -0.25) is 4.79 Å². The largest absolute Gasteiger partial charge is 0.484 e. The summed E-state index contributed by atoms with van der Waals surface area (Å²) in [6.45, 7) is 1.83. The number of thiocarbonyl (C=S) groups is 1. The van der Waals surface area contributed by atoms with Crippen LogP contribution in [0.1, 0.15) is 12.5 Å². The average Bonchev–Trinajstić information content (AvgIpc) is 2.35. The number of carbonyl (C=O) groups excluding carboxylic acids is 1. The summed E-state index contributed by atoms with van der Waals surface area (Å²) in [6.07, 6.45) is -0.557. The molecule has 0 aliphatic carbocycles. The Morgan fingerprint density at radius 1 is 1.47 bits per heavy atom. The van der Waals surface area contributed by atoms with Gasteiger partial charge < -0.3 is 20.5 Å². The number of nitrogens with two attached hydrogens (primary N) is 1. The zero-order chi connectivity index (χ0) is 14.4. The van der Waals surface area contributed by atoms with Crippen LogP contribution in [0.2, 0.25) is 0 Å². The summed E-state index contributed by atoms with van der Waals surface area (Å²) in [5.41, 5.74) is 6.23. The van der Waals surface area contributed by atoms with E-state index in [0.717, 1.165) is 5.56 Å². The Labute approximate surface area is 118 Å². The average molecular weight is 282 g/mol. The normalized spacial score (nSPS) is 11.7. The van der Waals surface area contributed by atoms with Gasteiger partial charge >= 0.3 is 0 Å². The minimum Gasteiger partial charge on any atom is -0.484 e. The Hall–Kier alpha value is -1.66. The van der Waals surface area contributed by atoms with Crippen LogP contribution in [0.3, 0.4) is 0 Å². The van der Waals surface area contributed by atoms with Crippen LogP contribution in [0.25, 0.3) is 0 Å². The molecule has 1 amide bonds. The summed E-state index contributed by atoms with van der Waals surface area (Å²) in [4.78, 5) is 13.4. The number of ether oxygens (including phenoxy) is 1. The van der Waals surface area contributed by atoms with Crippen LogP contribution in [0, 0.1) is 0 Å². The molecule has 1 unspecified atom stereocenters. The summed E-state index contributed by atoms with van der Waals surface area (Å²) in [6, 6.07) is 6.89. The van der Waals surface area contributed by atoms with Crippen molar-refractivity contribution in [2.75, 3.05) is 20.2 Å². The first kappa shape index (κ1) is 15.4. The first-order valence-electron chi connectivity index (χ1n) is 5.85. The number of likely N-dealkylation sites (N-methyl/N-ethyl adjacent to an activating group) is 1. The van der Waals surface area contributed by atoms with Crippen molar-refractivity contribution in [2.24, 2.45) is 5.73 Å². The van der Waals surface area contributed by atoms with Crippen LogP contribution >= 0.6 is 12.2 Å². The van der Waals surface area contributed by atoms with Gasteiger partial charge in [-0.25, -0.2) is 0 Å². The fourth-order valence-electron chi connectivity index (χ4n) is 1.47. The number of hydrogen-bond donors (Lipinski definition) is 2. The van der Waals surface area contributed by atoms with E-state index in [4.69, 9.17) is 22.7 Å². The summed E-state index contributed by atoms with van der Waals surface area (Å²) in [7, 11) is 1.62. The minimum atomic E-state index is -0.557. The molecule has 0 heterocycles. The molecular formula is C13H18N2O3S. The summed E-state index contributed by atoms with van der Waals surface area (Å²) >= 11 is 4.84. The van der Waals surface area contributed by atoms with E-state index in [1.54, 1.807) is 38.2 Å². The van der Waals surface area contributed by atoms with Gasteiger partial charge in [0.1, 0.15) is 10.7 Å². The molecule has 0 bridgehead atoms. The predicted octanol–water partition coefficient (Wildman–Crippen LogP) is 0.539. The SMILES string of the molecule is CC(O)CN(C)C(=O)COc1ccc(C(N)=S)cc1. The van der Waals surface area contributed by atoms with E-state index in [1.807, 2.05) is 0 Å². The maximum absolute atomic E-state index is 11.7. The summed E-state index contributed by atoms with van der Waals surface area (Å²) in [5, 5.41) is 9.18. The lowest BCUT2D eigenvalue weighted by atomic mass is 10.2. The highest BCUT2D eigenvalue weighted by Crippen LogP contribution is 2.12. The molecule has 0 aliphatic rings. The summed E-state index contributed by atoms with van der Waals surface area (Å²) in [5.74, 6) is 0.373. The Kier molecular flexibility index (Phi) is 5.72. The van der Waals surface area contributed by atoms with E-state index in [-0.39, 0.29) is 19.1 Å². The molecule has 1 rings (SSSR count). The van der Waals surface area contributed by atoms with Gasteiger partial charge in [-0.15, -0.1) is 0 Å². The van der Waals surface area contributed by atoms with Gasteiger partial charge in [0.25, 0.3) is 5.91 Å². The van der Waals surface area contributed by atoms with Gasteiger partial charge in [0.2, 0.25) is 0 Å². The van der Waals surface area contributed by atoms with E-state index in [1.165, 1.54) is 4.90 Å². The van der Waals surface area contributed by atoms with Crippen molar-refractivity contribution in [1.82, 2.24) is 4.90 Å². The lowest BCUT2D eigenvalue weighted by Crippen LogP contribution is -2.36. The molecule has 0 aliphatic heterocycles. The molecule has 0 saturated heterocycles. The second kappa shape index (κ2) is 7.06. The fourth-order valence-corrected chi connectivity index (χ4v) is 1.60. The van der Waals surface area contributed by atoms with Crippen LogP contribution < -0.4 is 10.5 Å². The molecule has 6 heteroatoms. The molecule has 0 saturated carbocycles. The Morgan fingerprint density at radius 3 is 2.53 bits per heavy atom. The topological polar surface area (TPSA) is 75.8 Å². The highest BCUT2D eigenvalue weighted by Gasteiger charge is 2.11. The molecule has 3 N–H and O–H groups in total. The molecule has 0 spiro atoms. The van der Waals surface area contributed by atoms with Gasteiger partial charge in [-0.2, -0.15) is 0 Å². The van der Waals surface area contributed by atoms with Gasteiger partial charge in [0.05, 0.1) is 6.10 Å². The first-order valence-corrected chi connectivity index (χ1v) is 6.25. The quantitative estimate of drug-likeness (QED) is 0.745. The fraction of sp³-hybridized carbons (Fsp3) is 0.385. The molecule has 0 aromatic heterocycles. The Morgan fingerprint density at radius 2 is 2.05 bits per heavy atom. The monoisotopic (exact) mass is 282 g/mol. The van der Waals surface area contributed by atoms with Crippen molar-refractivity contribution in [3.05, 3.63) is 29.8 Å². The minimum absolute atomic E-state index is 0.0738. The van der Waals surface area contributed by atoms with Gasteiger partial charge in [0, 0.05) is 19.2 Å². The highest BCUT2D eigenvalue weighted by atomic mass is 32.1. The van der Waals surface area contributed by atoms with Crippen molar-refractivity contribution in [3.63, 3.8) is 0 Å². The predicted molar refractivity (Wildman–Crippen MR) is 77.1 cm³/mol. The molecule has 1 aromatic carbocycles. The van der Waals surface area contributed by atoms with E-state index >= 15 is 0 Å². The van der Waals surface area contributed by atoms with Crippen LogP contribution in [-0.2, 0) is 4.79 Å². The molecule has 1 atom stereocenters. The number of amides is 1. The second-order valence-corrected chi connectivity index (χ2v) is 4.74. The lowest BCUT2D eigenvalue weighted by Gasteiger charge is -2.18. The summed E-state index contributed by atoms with van der Waals surface area (Å²) < 4.78 is 5.35. The number of aliphatic hydroxyl groups is 1. The molecule has 19 heavy (non-hydrogen) atoms. The number of nitrogens with zero attached hydrogens (tertiary/aromatic N) is 1. The van der Waals surface area contributed by atoms with Crippen LogP contribution in [0.4, 0.5) is 0 Å². The zero-order valence-corrected chi connectivity index (χ0v) is 11.8. The third kappa shape index (κ3) is 5.23.